The largest absolute Gasteiger partial charge is 0.342 e. The van der Waals surface area contributed by atoms with Crippen LogP contribution in [0.15, 0.2) is 24.3 Å². The van der Waals surface area contributed by atoms with Gasteiger partial charge in [-0.2, -0.15) is 0 Å². The fourth-order valence-electron chi connectivity index (χ4n) is 7.74. The smallest absolute Gasteiger partial charge is 0.246 e. The molecule has 1 heterocycles. The molecule has 1 aromatic carbocycles. The SMILES string of the molecule is CCN1C(=O)C(NC(=O)C(NC)C(C)C)[C@@H](C)c2ccccc2C2C1C1CCC3CC312. The van der Waals surface area contributed by atoms with Gasteiger partial charge in [0.1, 0.15) is 6.04 Å². The molecule has 31 heavy (non-hydrogen) atoms. The molecule has 0 bridgehead atoms. The highest BCUT2D eigenvalue weighted by molar-refractivity contribution is 5.91. The third kappa shape index (κ3) is 2.78. The minimum atomic E-state index is -0.530. The number of fused-ring (bicyclic) bond motifs is 4. The predicted molar refractivity (Wildman–Crippen MR) is 122 cm³/mol. The van der Waals surface area contributed by atoms with Crippen LogP contribution in [0.1, 0.15) is 69.9 Å². The van der Waals surface area contributed by atoms with Crippen molar-refractivity contribution in [3.8, 4) is 0 Å². The maximum Gasteiger partial charge on any atom is 0.246 e. The van der Waals surface area contributed by atoms with E-state index in [1.807, 2.05) is 20.9 Å². The molecule has 0 aromatic heterocycles. The summed E-state index contributed by atoms with van der Waals surface area (Å²) in [6, 6.07) is 8.18. The third-order valence-electron chi connectivity index (χ3n) is 9.18. The molecule has 8 atom stereocenters. The van der Waals surface area contributed by atoms with E-state index in [4.69, 9.17) is 0 Å². The molecule has 3 aliphatic carbocycles. The normalized spacial score (nSPS) is 38.8. The van der Waals surface area contributed by atoms with Crippen LogP contribution in [0.5, 0.6) is 0 Å². The third-order valence-corrected chi connectivity index (χ3v) is 9.18. The molecule has 2 N–H and O–H groups in total. The van der Waals surface area contributed by atoms with Gasteiger partial charge in [-0.1, -0.05) is 45.0 Å². The highest BCUT2D eigenvalue weighted by Gasteiger charge is 2.78. The standard InChI is InChI=1S/C26H37N3O2/c1-6-29-23-19-12-11-16-13-26(16,19)20(23)18-10-8-7-9-17(18)15(4)22(25(29)31)28-24(30)21(27-5)14(2)3/h7-10,14-16,19-23,27H,6,11-13H2,1-5H3,(H,28,30)/t15-,16?,19?,20?,21?,22?,23?,26?/m0/s1. The Morgan fingerprint density at radius 3 is 2.55 bits per heavy atom. The van der Waals surface area contributed by atoms with Crippen molar-refractivity contribution in [3.05, 3.63) is 35.4 Å². The predicted octanol–water partition coefficient (Wildman–Crippen LogP) is 3.26. The Balaban J connectivity index is 1.56. The Hall–Kier alpha value is -1.88. The number of rotatable bonds is 5. The average molecular weight is 424 g/mol. The number of carbonyl (C=O) groups is 2. The van der Waals surface area contributed by atoms with E-state index in [0.29, 0.717) is 23.8 Å². The fraction of sp³-hybridized carbons (Fsp3) is 0.692. The van der Waals surface area contributed by atoms with Crippen LogP contribution in [0.4, 0.5) is 0 Å². The highest BCUT2D eigenvalue weighted by Crippen LogP contribution is 2.82. The molecule has 3 saturated carbocycles. The topological polar surface area (TPSA) is 61.4 Å². The highest BCUT2D eigenvalue weighted by atomic mass is 16.2. The van der Waals surface area contributed by atoms with Crippen LogP contribution in [0.3, 0.4) is 0 Å². The Labute approximate surface area is 186 Å². The average Bonchev–Trinajstić information content (AvgIpc) is 3.41. The molecule has 1 spiro atoms. The van der Waals surface area contributed by atoms with Crippen LogP contribution in [-0.4, -0.2) is 48.4 Å². The lowest BCUT2D eigenvalue weighted by Gasteiger charge is -2.58. The summed E-state index contributed by atoms with van der Waals surface area (Å²) >= 11 is 0. The zero-order chi connectivity index (χ0) is 22.1. The van der Waals surface area contributed by atoms with Crippen LogP contribution in [0.25, 0.3) is 0 Å². The first kappa shape index (κ1) is 21.0. The molecule has 4 aliphatic rings. The van der Waals surface area contributed by atoms with Gasteiger partial charge in [0.25, 0.3) is 0 Å². The first-order valence-corrected chi connectivity index (χ1v) is 12.2. The first-order chi connectivity index (χ1) is 14.9. The Bertz CT molecular complexity index is 898. The van der Waals surface area contributed by atoms with Crippen LogP contribution < -0.4 is 10.6 Å². The quantitative estimate of drug-likeness (QED) is 0.764. The molecule has 1 aromatic rings. The molecule has 5 nitrogen and oxygen atoms in total. The molecule has 3 fully saturated rings. The van der Waals surface area contributed by atoms with Gasteiger partial charge in [-0.3, -0.25) is 9.59 Å². The summed E-state index contributed by atoms with van der Waals surface area (Å²) in [5.41, 5.74) is 3.13. The minimum absolute atomic E-state index is 0.0543. The number of likely N-dealkylation sites (N-methyl/N-ethyl adjacent to an activating group) is 2. The summed E-state index contributed by atoms with van der Waals surface area (Å²) in [7, 11) is 1.81. The van der Waals surface area contributed by atoms with Gasteiger partial charge < -0.3 is 15.5 Å². The fourth-order valence-corrected chi connectivity index (χ4v) is 7.74. The summed E-state index contributed by atoms with van der Waals surface area (Å²) in [5, 5.41) is 6.29. The summed E-state index contributed by atoms with van der Waals surface area (Å²) < 4.78 is 0. The van der Waals surface area contributed by atoms with E-state index in [1.54, 1.807) is 0 Å². The minimum Gasteiger partial charge on any atom is -0.342 e. The Morgan fingerprint density at radius 2 is 1.94 bits per heavy atom. The van der Waals surface area contributed by atoms with Crippen molar-refractivity contribution in [2.24, 2.45) is 23.2 Å². The van der Waals surface area contributed by atoms with E-state index in [0.717, 1.165) is 5.92 Å². The molecule has 0 saturated heterocycles. The van der Waals surface area contributed by atoms with Crippen molar-refractivity contribution in [1.29, 1.82) is 0 Å². The van der Waals surface area contributed by atoms with Crippen LogP contribution in [0.2, 0.25) is 0 Å². The Morgan fingerprint density at radius 1 is 1.23 bits per heavy atom. The number of hydrogen-bond acceptors (Lipinski definition) is 3. The second kappa shape index (κ2) is 7.33. The van der Waals surface area contributed by atoms with Crippen LogP contribution in [-0.2, 0) is 9.59 Å². The summed E-state index contributed by atoms with van der Waals surface area (Å²) in [5.74, 6) is 2.07. The number of carbonyl (C=O) groups excluding carboxylic acids is 2. The lowest BCUT2D eigenvalue weighted by atomic mass is 9.53. The van der Waals surface area contributed by atoms with E-state index in [9.17, 15) is 9.59 Å². The maximum atomic E-state index is 14.0. The number of amides is 2. The number of nitrogens with zero attached hydrogens (tertiary/aromatic N) is 1. The van der Waals surface area contributed by atoms with E-state index in [1.165, 1.54) is 30.4 Å². The van der Waals surface area contributed by atoms with Crippen molar-refractivity contribution < 1.29 is 9.59 Å². The van der Waals surface area contributed by atoms with Gasteiger partial charge in [0.05, 0.1) is 6.04 Å². The van der Waals surface area contributed by atoms with Crippen molar-refractivity contribution in [2.75, 3.05) is 13.6 Å². The molecule has 1 aliphatic heterocycles. The van der Waals surface area contributed by atoms with Crippen LogP contribution in [0, 0.1) is 23.2 Å². The number of hydrogen-bond donors (Lipinski definition) is 2. The van der Waals surface area contributed by atoms with E-state index in [2.05, 4.69) is 53.6 Å². The summed E-state index contributed by atoms with van der Waals surface area (Å²) in [6.45, 7) is 8.98. The van der Waals surface area contributed by atoms with Crippen molar-refractivity contribution in [2.45, 2.75) is 76.9 Å². The van der Waals surface area contributed by atoms with Crippen molar-refractivity contribution in [3.63, 3.8) is 0 Å². The lowest BCUT2D eigenvalue weighted by Crippen LogP contribution is -2.66. The first-order valence-electron chi connectivity index (χ1n) is 12.2. The molecule has 0 radical (unpaired) electrons. The molecule has 5 rings (SSSR count). The van der Waals surface area contributed by atoms with Gasteiger partial charge in [-0.25, -0.2) is 0 Å². The zero-order valence-corrected chi connectivity index (χ0v) is 19.5. The molecular formula is C26H37N3O2. The van der Waals surface area contributed by atoms with Gasteiger partial charge in [-0.15, -0.1) is 0 Å². The van der Waals surface area contributed by atoms with E-state index in [-0.39, 0.29) is 35.7 Å². The van der Waals surface area contributed by atoms with Gasteiger partial charge in [-0.05, 0) is 67.5 Å². The number of nitrogens with one attached hydrogen (secondary N) is 2. The zero-order valence-electron chi connectivity index (χ0n) is 19.5. The van der Waals surface area contributed by atoms with E-state index >= 15 is 0 Å². The van der Waals surface area contributed by atoms with Gasteiger partial charge in [0, 0.05) is 24.4 Å². The van der Waals surface area contributed by atoms with E-state index < -0.39 is 6.04 Å². The van der Waals surface area contributed by atoms with Crippen molar-refractivity contribution >= 4 is 11.8 Å². The second-order valence-corrected chi connectivity index (χ2v) is 10.7. The maximum absolute atomic E-state index is 14.0. The summed E-state index contributed by atoms with van der Waals surface area (Å²) in [6.07, 6.45) is 3.91. The molecule has 168 valence electrons. The van der Waals surface area contributed by atoms with Gasteiger partial charge in [0.2, 0.25) is 11.8 Å². The molecule has 7 unspecified atom stereocenters. The molecule has 2 amide bonds. The summed E-state index contributed by atoms with van der Waals surface area (Å²) in [4.78, 5) is 29.2. The van der Waals surface area contributed by atoms with Gasteiger partial charge >= 0.3 is 0 Å². The van der Waals surface area contributed by atoms with Crippen LogP contribution >= 0.6 is 0 Å². The lowest BCUT2D eigenvalue weighted by molar-refractivity contribution is -0.148. The second-order valence-electron chi connectivity index (χ2n) is 10.7. The van der Waals surface area contributed by atoms with Gasteiger partial charge in [0.15, 0.2) is 0 Å². The monoisotopic (exact) mass is 423 g/mol. The Kier molecular flexibility index (Phi) is 4.96. The molecular weight excluding hydrogens is 386 g/mol. The van der Waals surface area contributed by atoms with Crippen molar-refractivity contribution in [1.82, 2.24) is 15.5 Å². The number of benzene rings is 1. The molecule has 5 heteroatoms.